The van der Waals surface area contributed by atoms with Gasteiger partial charge in [-0.3, -0.25) is 20.2 Å². The van der Waals surface area contributed by atoms with Crippen molar-refractivity contribution >= 4 is 45.7 Å². The van der Waals surface area contributed by atoms with E-state index in [1.807, 2.05) is 0 Å². The molecule has 0 atom stereocenters. The van der Waals surface area contributed by atoms with Crippen molar-refractivity contribution < 1.29 is 29.6 Å². The smallest absolute Gasteiger partial charge is 0.336 e. The Morgan fingerprint density at radius 3 is 1.91 bits per heavy atom. The molecule has 118 valence electrons. The molecule has 0 aromatic heterocycles. The van der Waals surface area contributed by atoms with E-state index in [1.54, 1.807) is 0 Å². The molecule has 0 aliphatic rings. The lowest BCUT2D eigenvalue weighted by molar-refractivity contribution is -0.385. The van der Waals surface area contributed by atoms with E-state index < -0.39 is 60.1 Å². The van der Waals surface area contributed by atoms with Crippen LogP contribution in [0.3, 0.4) is 0 Å². The van der Waals surface area contributed by atoms with Gasteiger partial charge in [0, 0.05) is 29.0 Å². The van der Waals surface area contributed by atoms with Crippen LogP contribution >= 0.6 is 11.6 Å². The second kappa shape index (κ2) is 5.50. The number of hydrogen-bond donors (Lipinski definition) is 2. The number of nitro groups is 2. The van der Waals surface area contributed by atoms with Crippen molar-refractivity contribution in [1.82, 2.24) is 0 Å². The number of hydrogen-bond acceptors (Lipinski definition) is 6. The zero-order chi connectivity index (χ0) is 17.5. The normalized spacial score (nSPS) is 10.5. The van der Waals surface area contributed by atoms with Gasteiger partial charge < -0.3 is 10.2 Å². The molecule has 2 aromatic rings. The zero-order valence-corrected chi connectivity index (χ0v) is 11.6. The third-order valence-electron chi connectivity index (χ3n) is 3.00. The highest BCUT2D eigenvalue weighted by molar-refractivity contribution is 6.39. The van der Waals surface area contributed by atoms with Gasteiger partial charge in [-0.1, -0.05) is 11.6 Å². The van der Waals surface area contributed by atoms with Gasteiger partial charge in [-0.2, -0.15) is 0 Å². The summed E-state index contributed by atoms with van der Waals surface area (Å²) in [6, 6.07) is 2.08. The molecule has 11 heteroatoms. The molecular formula is C12H5ClN2O8. The van der Waals surface area contributed by atoms with Gasteiger partial charge in [0.2, 0.25) is 0 Å². The van der Waals surface area contributed by atoms with E-state index in [0.29, 0.717) is 12.1 Å². The minimum Gasteiger partial charge on any atom is -0.478 e. The number of nitrogens with zero attached hydrogens (tertiary/aromatic N) is 2. The fourth-order valence-corrected chi connectivity index (χ4v) is 2.35. The molecule has 0 saturated carbocycles. The number of carboxylic acids is 2. The molecule has 2 aromatic carbocycles. The molecule has 0 unspecified atom stereocenters. The number of benzene rings is 2. The van der Waals surface area contributed by atoms with Crippen molar-refractivity contribution in [3.63, 3.8) is 0 Å². The molecule has 0 bridgehead atoms. The van der Waals surface area contributed by atoms with Crippen molar-refractivity contribution in [2.45, 2.75) is 0 Å². The highest BCUT2D eigenvalue weighted by Crippen LogP contribution is 2.39. The summed E-state index contributed by atoms with van der Waals surface area (Å²) in [5.41, 5.74) is -2.87. The average molecular weight is 341 g/mol. The SMILES string of the molecule is O=C(O)c1cc([N+](=O)[O-])cc2c(Cl)c([N+](=O)[O-])cc(C(=O)O)c12. The number of non-ortho nitro benzene ring substituents is 1. The average Bonchev–Trinajstić information content (AvgIpc) is 2.45. The van der Waals surface area contributed by atoms with Crippen LogP contribution in [-0.4, -0.2) is 32.0 Å². The van der Waals surface area contributed by atoms with Crippen LogP contribution in [0.2, 0.25) is 5.02 Å². The standard InChI is InChI=1S/C12H5ClN2O8/c13-10-5-1-4(14(20)21)2-6(11(16)17)9(5)7(12(18)19)3-8(10)15(22)23/h1-3H,(H,16,17)(H,18,19). The third kappa shape index (κ3) is 2.62. The Hall–Kier alpha value is -3.27. The van der Waals surface area contributed by atoms with Crippen molar-refractivity contribution in [3.05, 3.63) is 54.6 Å². The molecule has 2 rings (SSSR count). The van der Waals surface area contributed by atoms with Crippen molar-refractivity contribution in [2.75, 3.05) is 0 Å². The minimum atomic E-state index is -1.63. The maximum absolute atomic E-state index is 11.3. The molecule has 0 heterocycles. The van der Waals surface area contributed by atoms with Crippen molar-refractivity contribution in [3.8, 4) is 0 Å². The maximum Gasteiger partial charge on any atom is 0.336 e. The summed E-state index contributed by atoms with van der Waals surface area (Å²) in [6.07, 6.45) is 0. The summed E-state index contributed by atoms with van der Waals surface area (Å²) in [4.78, 5) is 42.6. The lowest BCUT2D eigenvalue weighted by atomic mass is 9.97. The molecule has 23 heavy (non-hydrogen) atoms. The van der Waals surface area contributed by atoms with E-state index in [4.69, 9.17) is 11.6 Å². The third-order valence-corrected chi connectivity index (χ3v) is 3.40. The van der Waals surface area contributed by atoms with E-state index in [2.05, 4.69) is 0 Å². The number of aromatic carboxylic acids is 2. The van der Waals surface area contributed by atoms with Crippen LogP contribution in [0.1, 0.15) is 20.7 Å². The van der Waals surface area contributed by atoms with Crippen molar-refractivity contribution in [1.29, 1.82) is 0 Å². The van der Waals surface area contributed by atoms with E-state index in [9.17, 15) is 40.0 Å². The van der Waals surface area contributed by atoms with Crippen LogP contribution in [-0.2, 0) is 0 Å². The molecule has 0 spiro atoms. The summed E-state index contributed by atoms with van der Waals surface area (Å²) >= 11 is 5.82. The Morgan fingerprint density at radius 1 is 0.957 bits per heavy atom. The number of carbonyl (C=O) groups is 2. The second-order valence-electron chi connectivity index (χ2n) is 4.30. The van der Waals surface area contributed by atoms with Gasteiger partial charge in [-0.05, 0) is 0 Å². The van der Waals surface area contributed by atoms with Crippen LogP contribution in [0.25, 0.3) is 10.8 Å². The van der Waals surface area contributed by atoms with E-state index in [0.717, 1.165) is 6.07 Å². The van der Waals surface area contributed by atoms with Crippen LogP contribution in [0.4, 0.5) is 11.4 Å². The van der Waals surface area contributed by atoms with Gasteiger partial charge in [0.25, 0.3) is 11.4 Å². The predicted octanol–water partition coefficient (Wildman–Crippen LogP) is 2.71. The Bertz CT molecular complexity index is 888. The fraction of sp³-hybridized carbons (Fsp3) is 0. The summed E-state index contributed by atoms with van der Waals surface area (Å²) in [5, 5.41) is 38.8. The highest BCUT2D eigenvalue weighted by atomic mass is 35.5. The second-order valence-corrected chi connectivity index (χ2v) is 4.68. The van der Waals surface area contributed by atoms with Crippen LogP contribution in [0.5, 0.6) is 0 Å². The molecule has 0 saturated heterocycles. The molecule has 0 aliphatic heterocycles. The van der Waals surface area contributed by atoms with E-state index >= 15 is 0 Å². The van der Waals surface area contributed by atoms with Gasteiger partial charge >= 0.3 is 11.9 Å². The van der Waals surface area contributed by atoms with Crippen LogP contribution in [0, 0.1) is 20.2 Å². The number of carboxylic acid groups (broad SMARTS) is 2. The number of fused-ring (bicyclic) bond motifs is 1. The first-order valence-corrected chi connectivity index (χ1v) is 6.08. The first-order chi connectivity index (χ1) is 10.6. The first kappa shape index (κ1) is 16.1. The van der Waals surface area contributed by atoms with Gasteiger partial charge in [0.05, 0.1) is 21.0 Å². The van der Waals surface area contributed by atoms with E-state index in [1.165, 1.54) is 0 Å². The molecule has 0 aliphatic carbocycles. The largest absolute Gasteiger partial charge is 0.478 e. The molecule has 10 nitrogen and oxygen atoms in total. The van der Waals surface area contributed by atoms with E-state index in [-0.39, 0.29) is 0 Å². The molecule has 0 radical (unpaired) electrons. The Morgan fingerprint density at radius 2 is 1.48 bits per heavy atom. The Labute approximate surface area is 130 Å². The highest BCUT2D eigenvalue weighted by Gasteiger charge is 2.28. The van der Waals surface area contributed by atoms with Gasteiger partial charge in [0.15, 0.2) is 0 Å². The Kier molecular flexibility index (Phi) is 3.85. The lowest BCUT2D eigenvalue weighted by Gasteiger charge is -2.09. The fourth-order valence-electron chi connectivity index (χ4n) is 2.08. The summed E-state index contributed by atoms with van der Waals surface area (Å²) in [5.74, 6) is -3.27. The minimum absolute atomic E-state index is 0.398. The topological polar surface area (TPSA) is 161 Å². The molecular weight excluding hydrogens is 336 g/mol. The van der Waals surface area contributed by atoms with Gasteiger partial charge in [-0.15, -0.1) is 0 Å². The molecule has 0 amide bonds. The predicted molar refractivity (Wildman–Crippen MR) is 76.2 cm³/mol. The molecule has 2 N–H and O–H groups in total. The quantitative estimate of drug-likeness (QED) is 0.634. The Balaban J connectivity index is 3.14. The number of rotatable bonds is 4. The summed E-state index contributed by atoms with van der Waals surface area (Å²) < 4.78 is 0. The van der Waals surface area contributed by atoms with Crippen molar-refractivity contribution in [2.24, 2.45) is 0 Å². The van der Waals surface area contributed by atoms with Crippen LogP contribution in [0.15, 0.2) is 18.2 Å². The first-order valence-electron chi connectivity index (χ1n) is 5.70. The van der Waals surface area contributed by atoms with Gasteiger partial charge in [0.1, 0.15) is 5.02 Å². The number of nitro benzene ring substituents is 2. The maximum atomic E-state index is 11.3. The monoisotopic (exact) mass is 340 g/mol. The zero-order valence-electron chi connectivity index (χ0n) is 10.8. The van der Waals surface area contributed by atoms with Crippen LogP contribution < -0.4 is 0 Å². The number of halogens is 1. The molecule has 0 fully saturated rings. The summed E-state index contributed by atoms with van der Waals surface area (Å²) in [7, 11) is 0. The van der Waals surface area contributed by atoms with Gasteiger partial charge in [-0.25, -0.2) is 9.59 Å². The lowest BCUT2D eigenvalue weighted by Crippen LogP contribution is -2.07. The summed E-state index contributed by atoms with van der Waals surface area (Å²) in [6.45, 7) is 0.